The molecule has 0 amide bonds. The Hall–Kier alpha value is -3.13. The maximum atomic E-state index is 6.18. The topological polar surface area (TPSA) is 23.2 Å². The number of ether oxygens (including phenoxy) is 1. The van der Waals surface area contributed by atoms with Crippen LogP contribution >= 0.6 is 0 Å². The van der Waals surface area contributed by atoms with E-state index in [9.17, 15) is 0 Å². The van der Waals surface area contributed by atoms with Gasteiger partial charge in [-0.1, -0.05) is 78.9 Å². The molecule has 1 N–H and O–H groups in total. The molecule has 0 aliphatic carbocycles. The number of rotatable bonds is 3. The SMILES string of the molecule is C1=C(c2ccccc2)OC(c2ccccc2)=[NH+]C1c1ccccc1. The Kier molecular flexibility index (Phi) is 3.95. The van der Waals surface area contributed by atoms with E-state index in [4.69, 9.17) is 4.74 Å². The maximum absolute atomic E-state index is 6.18. The van der Waals surface area contributed by atoms with Gasteiger partial charge >= 0.3 is 5.90 Å². The van der Waals surface area contributed by atoms with Gasteiger partial charge in [0.2, 0.25) is 6.04 Å². The van der Waals surface area contributed by atoms with Crippen LogP contribution in [0.3, 0.4) is 0 Å². The minimum absolute atomic E-state index is 0.0744. The molecule has 1 aliphatic heterocycles. The minimum Gasteiger partial charge on any atom is -0.404 e. The van der Waals surface area contributed by atoms with Gasteiger partial charge in [0.15, 0.2) is 0 Å². The summed E-state index contributed by atoms with van der Waals surface area (Å²) in [5.41, 5.74) is 3.33. The molecule has 3 aromatic carbocycles. The van der Waals surface area contributed by atoms with Crippen LogP contribution in [0.15, 0.2) is 97.1 Å². The van der Waals surface area contributed by atoms with Crippen molar-refractivity contribution in [3.63, 3.8) is 0 Å². The van der Waals surface area contributed by atoms with Gasteiger partial charge in [0.05, 0.1) is 5.56 Å². The molecule has 3 aromatic rings. The molecule has 1 aliphatic rings. The largest absolute Gasteiger partial charge is 0.404 e. The Morgan fingerprint density at radius 1 is 0.625 bits per heavy atom. The van der Waals surface area contributed by atoms with Crippen molar-refractivity contribution in [1.82, 2.24) is 0 Å². The highest BCUT2D eigenvalue weighted by molar-refractivity contribution is 5.93. The van der Waals surface area contributed by atoms with Gasteiger partial charge in [0, 0.05) is 17.2 Å². The lowest BCUT2D eigenvalue weighted by Gasteiger charge is -2.17. The average molecular weight is 312 g/mol. The summed E-state index contributed by atoms with van der Waals surface area (Å²) in [4.78, 5) is 3.50. The van der Waals surface area contributed by atoms with Gasteiger partial charge in [-0.2, -0.15) is 4.99 Å². The predicted octanol–water partition coefficient (Wildman–Crippen LogP) is 3.33. The highest BCUT2D eigenvalue weighted by Crippen LogP contribution is 2.23. The second-order valence-corrected chi connectivity index (χ2v) is 5.73. The summed E-state index contributed by atoms with van der Waals surface area (Å²) in [6.07, 6.45) is 2.14. The molecule has 0 saturated carbocycles. The summed E-state index contributed by atoms with van der Waals surface area (Å²) in [6, 6.07) is 30.9. The monoisotopic (exact) mass is 312 g/mol. The summed E-state index contributed by atoms with van der Waals surface area (Å²) in [7, 11) is 0. The first kappa shape index (κ1) is 14.5. The van der Waals surface area contributed by atoms with Gasteiger partial charge in [0.25, 0.3) is 0 Å². The number of hydrogen-bond acceptors (Lipinski definition) is 1. The molecule has 1 heterocycles. The lowest BCUT2D eigenvalue weighted by atomic mass is 10.0. The quantitative estimate of drug-likeness (QED) is 0.788. The lowest BCUT2D eigenvalue weighted by molar-refractivity contribution is -0.505. The molecule has 0 saturated heterocycles. The molecular weight excluding hydrogens is 294 g/mol. The van der Waals surface area contributed by atoms with Crippen LogP contribution in [-0.4, -0.2) is 5.90 Å². The zero-order valence-corrected chi connectivity index (χ0v) is 13.2. The van der Waals surface area contributed by atoms with E-state index in [2.05, 4.69) is 59.6 Å². The summed E-state index contributed by atoms with van der Waals surface area (Å²) < 4.78 is 6.18. The van der Waals surface area contributed by atoms with Gasteiger partial charge in [-0.3, -0.25) is 0 Å². The van der Waals surface area contributed by atoms with Crippen molar-refractivity contribution in [2.24, 2.45) is 0 Å². The molecule has 0 bridgehead atoms. The lowest BCUT2D eigenvalue weighted by Crippen LogP contribution is -2.76. The zero-order valence-electron chi connectivity index (χ0n) is 13.2. The summed E-state index contributed by atoms with van der Waals surface area (Å²) in [6.45, 7) is 0. The van der Waals surface area contributed by atoms with Gasteiger partial charge < -0.3 is 4.74 Å². The molecule has 4 rings (SSSR count). The molecule has 2 heteroatoms. The minimum atomic E-state index is 0.0744. The van der Waals surface area contributed by atoms with E-state index in [-0.39, 0.29) is 6.04 Å². The first-order valence-corrected chi connectivity index (χ1v) is 8.09. The first-order chi connectivity index (χ1) is 11.9. The second kappa shape index (κ2) is 6.55. The molecule has 1 unspecified atom stereocenters. The van der Waals surface area contributed by atoms with Crippen molar-refractivity contribution in [1.29, 1.82) is 0 Å². The Balaban J connectivity index is 1.78. The normalized spacial score (nSPS) is 16.8. The third-order valence-electron chi connectivity index (χ3n) is 4.07. The first-order valence-electron chi connectivity index (χ1n) is 8.09. The van der Waals surface area contributed by atoms with E-state index in [1.165, 1.54) is 5.56 Å². The Morgan fingerprint density at radius 2 is 1.17 bits per heavy atom. The third kappa shape index (κ3) is 2.99. The smallest absolute Gasteiger partial charge is 0.374 e. The van der Waals surface area contributed by atoms with E-state index in [0.717, 1.165) is 22.8 Å². The molecule has 0 aromatic heterocycles. The highest BCUT2D eigenvalue weighted by Gasteiger charge is 2.26. The van der Waals surface area contributed by atoms with Crippen LogP contribution in [-0.2, 0) is 4.74 Å². The van der Waals surface area contributed by atoms with Crippen LogP contribution in [0.4, 0.5) is 0 Å². The van der Waals surface area contributed by atoms with Gasteiger partial charge in [-0.25, -0.2) is 0 Å². The molecule has 0 fully saturated rings. The maximum Gasteiger partial charge on any atom is 0.374 e. The Labute approximate surface area is 141 Å². The van der Waals surface area contributed by atoms with Crippen LogP contribution in [0.1, 0.15) is 22.7 Å². The predicted molar refractivity (Wildman–Crippen MR) is 96.2 cm³/mol. The number of benzene rings is 3. The van der Waals surface area contributed by atoms with Crippen LogP contribution in [0.5, 0.6) is 0 Å². The van der Waals surface area contributed by atoms with Crippen molar-refractivity contribution >= 4 is 11.7 Å². The van der Waals surface area contributed by atoms with Gasteiger partial charge in [0.1, 0.15) is 5.76 Å². The van der Waals surface area contributed by atoms with Gasteiger partial charge in [-0.15, -0.1) is 0 Å². The summed E-state index contributed by atoms with van der Waals surface area (Å²) in [5.74, 6) is 1.66. The third-order valence-corrected chi connectivity index (χ3v) is 4.07. The molecular formula is C22H18NO+. The van der Waals surface area contributed by atoms with Crippen molar-refractivity contribution in [3.05, 3.63) is 114 Å². The fourth-order valence-corrected chi connectivity index (χ4v) is 2.84. The van der Waals surface area contributed by atoms with Crippen LogP contribution in [0.25, 0.3) is 5.76 Å². The fraction of sp³-hybridized carbons (Fsp3) is 0.0455. The molecule has 0 spiro atoms. The Bertz CT molecular complexity index is 812. The average Bonchev–Trinajstić information content (AvgIpc) is 2.70. The fourth-order valence-electron chi connectivity index (χ4n) is 2.84. The highest BCUT2D eigenvalue weighted by atomic mass is 16.5. The van der Waals surface area contributed by atoms with E-state index in [1.807, 2.05) is 42.5 Å². The molecule has 0 radical (unpaired) electrons. The van der Waals surface area contributed by atoms with Crippen molar-refractivity contribution in [2.75, 3.05) is 0 Å². The summed E-state index contributed by atoms with van der Waals surface area (Å²) in [5, 5.41) is 0. The van der Waals surface area contributed by atoms with Crippen molar-refractivity contribution in [2.45, 2.75) is 6.04 Å². The van der Waals surface area contributed by atoms with Crippen LogP contribution in [0.2, 0.25) is 0 Å². The van der Waals surface area contributed by atoms with E-state index in [0.29, 0.717) is 0 Å². The summed E-state index contributed by atoms with van der Waals surface area (Å²) >= 11 is 0. The van der Waals surface area contributed by atoms with E-state index in [1.54, 1.807) is 0 Å². The van der Waals surface area contributed by atoms with Gasteiger partial charge in [-0.05, 0) is 12.1 Å². The molecule has 116 valence electrons. The van der Waals surface area contributed by atoms with Crippen molar-refractivity contribution < 1.29 is 9.73 Å². The zero-order chi connectivity index (χ0) is 16.2. The molecule has 1 atom stereocenters. The second-order valence-electron chi connectivity index (χ2n) is 5.73. The Morgan fingerprint density at radius 3 is 1.79 bits per heavy atom. The molecule has 24 heavy (non-hydrogen) atoms. The standard InChI is InChI=1S/C22H17NO/c1-4-10-17(11-5-1)20-16-21(18-12-6-2-7-13-18)24-22(23-20)19-14-8-3-9-15-19/h1-16,20H/p+1. The van der Waals surface area contributed by atoms with E-state index >= 15 is 0 Å². The number of hydrogen-bond donors (Lipinski definition) is 1. The van der Waals surface area contributed by atoms with Crippen LogP contribution in [0, 0.1) is 0 Å². The number of nitrogens with one attached hydrogen (secondary N) is 1. The molecule has 2 nitrogen and oxygen atoms in total. The van der Waals surface area contributed by atoms with Crippen molar-refractivity contribution in [3.8, 4) is 0 Å². The van der Waals surface area contributed by atoms with E-state index < -0.39 is 0 Å². The van der Waals surface area contributed by atoms with Crippen LogP contribution < -0.4 is 4.99 Å².